The fourth-order valence-electron chi connectivity index (χ4n) is 3.49. The SMILES string of the molecule is CCNC1(CO)CCCC1CCN(C)C(C)C(C)C. The van der Waals surface area contributed by atoms with Gasteiger partial charge in [0.2, 0.25) is 0 Å². The number of hydrogen-bond acceptors (Lipinski definition) is 3. The second kappa shape index (κ2) is 7.61. The van der Waals surface area contributed by atoms with E-state index in [0.29, 0.717) is 17.9 Å². The van der Waals surface area contributed by atoms with Gasteiger partial charge in [-0.05, 0) is 58.2 Å². The van der Waals surface area contributed by atoms with Crippen LogP contribution in [0.1, 0.15) is 53.4 Å². The highest BCUT2D eigenvalue weighted by Crippen LogP contribution is 2.37. The maximum Gasteiger partial charge on any atom is 0.0616 e. The van der Waals surface area contributed by atoms with Crippen LogP contribution in [0.5, 0.6) is 0 Å². The maximum absolute atomic E-state index is 9.80. The van der Waals surface area contributed by atoms with Gasteiger partial charge in [-0.1, -0.05) is 27.2 Å². The summed E-state index contributed by atoms with van der Waals surface area (Å²) in [7, 11) is 2.23. The van der Waals surface area contributed by atoms with Crippen LogP contribution in [-0.2, 0) is 0 Å². The largest absolute Gasteiger partial charge is 0.394 e. The van der Waals surface area contributed by atoms with E-state index in [1.807, 2.05) is 0 Å². The predicted molar refractivity (Wildman–Crippen MR) is 82.4 cm³/mol. The van der Waals surface area contributed by atoms with Gasteiger partial charge in [-0.3, -0.25) is 0 Å². The third-order valence-corrected chi connectivity index (χ3v) is 5.26. The van der Waals surface area contributed by atoms with Gasteiger partial charge in [-0.15, -0.1) is 0 Å². The third-order valence-electron chi connectivity index (χ3n) is 5.26. The lowest BCUT2D eigenvalue weighted by molar-refractivity contribution is 0.108. The molecule has 0 bridgehead atoms. The van der Waals surface area contributed by atoms with Gasteiger partial charge in [-0.2, -0.15) is 0 Å². The van der Waals surface area contributed by atoms with Gasteiger partial charge in [0.15, 0.2) is 0 Å². The lowest BCUT2D eigenvalue weighted by atomic mass is 9.85. The van der Waals surface area contributed by atoms with Crippen molar-refractivity contribution < 1.29 is 5.11 Å². The summed E-state index contributed by atoms with van der Waals surface area (Å²) in [5.74, 6) is 1.32. The average molecular weight is 270 g/mol. The molecule has 0 amide bonds. The van der Waals surface area contributed by atoms with Crippen molar-refractivity contribution in [3.05, 3.63) is 0 Å². The Morgan fingerprint density at radius 2 is 2.05 bits per heavy atom. The highest BCUT2D eigenvalue weighted by molar-refractivity contribution is 4.98. The van der Waals surface area contributed by atoms with Crippen molar-refractivity contribution in [1.29, 1.82) is 0 Å². The summed E-state index contributed by atoms with van der Waals surface area (Å²) in [6.45, 7) is 11.4. The molecule has 0 aliphatic heterocycles. The van der Waals surface area contributed by atoms with Crippen LogP contribution in [-0.4, -0.2) is 48.3 Å². The van der Waals surface area contributed by atoms with Gasteiger partial charge in [0.05, 0.1) is 6.61 Å². The molecule has 2 N–H and O–H groups in total. The number of nitrogens with zero attached hydrogens (tertiary/aromatic N) is 1. The molecule has 0 aromatic rings. The van der Waals surface area contributed by atoms with Crippen LogP contribution in [0.2, 0.25) is 0 Å². The first kappa shape index (κ1) is 16.9. The number of aliphatic hydroxyl groups excluding tert-OH is 1. The number of rotatable bonds is 8. The molecule has 3 heteroatoms. The average Bonchev–Trinajstić information content (AvgIpc) is 2.78. The molecule has 0 heterocycles. The minimum absolute atomic E-state index is 0.00331. The molecule has 1 aliphatic carbocycles. The standard InChI is InChI=1S/C16H34N2O/c1-6-17-16(12-19)10-7-8-15(16)9-11-18(5)14(4)13(2)3/h13-15,17,19H,6-12H2,1-5H3. The Bertz CT molecular complexity index is 257. The summed E-state index contributed by atoms with van der Waals surface area (Å²) in [4.78, 5) is 2.47. The summed E-state index contributed by atoms with van der Waals surface area (Å²) < 4.78 is 0. The molecule has 0 spiro atoms. The fraction of sp³-hybridized carbons (Fsp3) is 1.00. The van der Waals surface area contributed by atoms with Crippen LogP contribution in [0.25, 0.3) is 0 Å². The van der Waals surface area contributed by atoms with Crippen LogP contribution in [0.3, 0.4) is 0 Å². The lowest BCUT2D eigenvalue weighted by Crippen LogP contribution is -2.52. The van der Waals surface area contributed by atoms with E-state index in [1.54, 1.807) is 0 Å². The van der Waals surface area contributed by atoms with Crippen molar-refractivity contribution in [2.24, 2.45) is 11.8 Å². The highest BCUT2D eigenvalue weighted by Gasteiger charge is 2.41. The molecule has 114 valence electrons. The van der Waals surface area contributed by atoms with Crippen molar-refractivity contribution in [3.63, 3.8) is 0 Å². The van der Waals surface area contributed by atoms with E-state index in [-0.39, 0.29) is 12.1 Å². The second-order valence-corrected chi connectivity index (χ2v) is 6.69. The zero-order valence-corrected chi connectivity index (χ0v) is 13.6. The molecular formula is C16H34N2O. The number of hydrogen-bond donors (Lipinski definition) is 2. The minimum atomic E-state index is -0.00331. The number of aliphatic hydroxyl groups is 1. The number of nitrogens with one attached hydrogen (secondary N) is 1. The Morgan fingerprint density at radius 3 is 2.58 bits per heavy atom. The normalized spacial score (nSPS) is 29.4. The summed E-state index contributed by atoms with van der Waals surface area (Å²) in [5, 5.41) is 13.4. The Kier molecular flexibility index (Phi) is 6.78. The topological polar surface area (TPSA) is 35.5 Å². The molecule has 1 saturated carbocycles. The van der Waals surface area contributed by atoms with Crippen molar-refractivity contribution in [2.45, 2.75) is 65.0 Å². The molecule has 0 radical (unpaired) electrons. The molecular weight excluding hydrogens is 236 g/mol. The van der Waals surface area contributed by atoms with Gasteiger partial charge in [0, 0.05) is 11.6 Å². The maximum atomic E-state index is 9.80. The van der Waals surface area contributed by atoms with Crippen molar-refractivity contribution >= 4 is 0 Å². The molecule has 3 nitrogen and oxygen atoms in total. The van der Waals surface area contributed by atoms with E-state index in [4.69, 9.17) is 0 Å². The van der Waals surface area contributed by atoms with E-state index >= 15 is 0 Å². The molecule has 1 rings (SSSR count). The molecule has 1 fully saturated rings. The Balaban J connectivity index is 2.51. The molecule has 19 heavy (non-hydrogen) atoms. The first-order chi connectivity index (χ1) is 8.96. The van der Waals surface area contributed by atoms with Crippen LogP contribution < -0.4 is 5.32 Å². The van der Waals surface area contributed by atoms with E-state index in [2.05, 4.69) is 45.0 Å². The highest BCUT2D eigenvalue weighted by atomic mass is 16.3. The van der Waals surface area contributed by atoms with Gasteiger partial charge in [0.1, 0.15) is 0 Å². The van der Waals surface area contributed by atoms with Crippen LogP contribution >= 0.6 is 0 Å². The van der Waals surface area contributed by atoms with Gasteiger partial charge >= 0.3 is 0 Å². The summed E-state index contributed by atoms with van der Waals surface area (Å²) in [5.41, 5.74) is -0.00331. The zero-order valence-electron chi connectivity index (χ0n) is 13.6. The van der Waals surface area contributed by atoms with Gasteiger partial charge < -0.3 is 15.3 Å². The van der Waals surface area contributed by atoms with E-state index < -0.39 is 0 Å². The summed E-state index contributed by atoms with van der Waals surface area (Å²) in [6, 6.07) is 0.629. The van der Waals surface area contributed by atoms with Crippen LogP contribution in [0.15, 0.2) is 0 Å². The summed E-state index contributed by atoms with van der Waals surface area (Å²) in [6.07, 6.45) is 4.84. The molecule has 1 aliphatic rings. The van der Waals surface area contributed by atoms with Gasteiger partial charge in [0.25, 0.3) is 0 Å². The third kappa shape index (κ3) is 4.17. The van der Waals surface area contributed by atoms with Crippen molar-refractivity contribution in [3.8, 4) is 0 Å². The van der Waals surface area contributed by atoms with Crippen molar-refractivity contribution in [2.75, 3.05) is 26.7 Å². The first-order valence-corrected chi connectivity index (χ1v) is 8.03. The fourth-order valence-corrected chi connectivity index (χ4v) is 3.49. The molecule has 0 saturated heterocycles. The van der Waals surface area contributed by atoms with Crippen molar-refractivity contribution in [1.82, 2.24) is 10.2 Å². The van der Waals surface area contributed by atoms with Gasteiger partial charge in [-0.25, -0.2) is 0 Å². The molecule has 3 atom stereocenters. The quantitative estimate of drug-likeness (QED) is 0.711. The minimum Gasteiger partial charge on any atom is -0.394 e. The molecule has 0 aromatic heterocycles. The first-order valence-electron chi connectivity index (χ1n) is 8.03. The van der Waals surface area contributed by atoms with E-state index in [0.717, 1.165) is 19.5 Å². The monoisotopic (exact) mass is 270 g/mol. The van der Waals surface area contributed by atoms with E-state index in [1.165, 1.54) is 19.3 Å². The Morgan fingerprint density at radius 1 is 1.37 bits per heavy atom. The summed E-state index contributed by atoms with van der Waals surface area (Å²) >= 11 is 0. The van der Waals surface area contributed by atoms with Crippen LogP contribution in [0.4, 0.5) is 0 Å². The molecule has 3 unspecified atom stereocenters. The Labute approximate surface area is 119 Å². The lowest BCUT2D eigenvalue weighted by Gasteiger charge is -2.36. The van der Waals surface area contributed by atoms with Crippen LogP contribution in [0, 0.1) is 11.8 Å². The zero-order chi connectivity index (χ0) is 14.5. The second-order valence-electron chi connectivity index (χ2n) is 6.69. The Hall–Kier alpha value is -0.120. The molecule has 0 aromatic carbocycles. The predicted octanol–water partition coefficient (Wildman–Crippen LogP) is 2.49. The van der Waals surface area contributed by atoms with E-state index in [9.17, 15) is 5.11 Å². The number of likely N-dealkylation sites (N-methyl/N-ethyl adjacent to an activating group) is 1. The smallest absolute Gasteiger partial charge is 0.0616 e.